The van der Waals surface area contributed by atoms with Gasteiger partial charge in [-0.15, -0.1) is 0 Å². The maximum absolute atomic E-state index is 13.7. The molecule has 0 saturated carbocycles. The molecule has 6 rings (SSSR count). The number of hydrogen-bond acceptors (Lipinski definition) is 7. The summed E-state index contributed by atoms with van der Waals surface area (Å²) in [6.45, 7) is 3.28. The van der Waals surface area contributed by atoms with Crippen molar-refractivity contribution in [2.45, 2.75) is 36.3 Å². The molecule has 4 aliphatic rings. The molecule has 2 bridgehead atoms. The largest absolute Gasteiger partial charge is 0.384 e. The Balaban J connectivity index is 1.22. The standard InChI is InChI=1S/C28H32FN5O3S/c1-36-18-28-12-19(13-30)26(32-22-4-2-21(29)3-5-22)10-20(28)8-9-33(17-28)38(35)25-6-7-27(31-14-25)34-15-24-11-23(34)16-37-24/h2-7,10,13-14,19,23-24,30H,8-9,11-12,15-18H2,1H3. The number of aliphatic imine (C=N–C) groups is 1. The Morgan fingerprint density at radius 1 is 1.32 bits per heavy atom. The monoisotopic (exact) mass is 537 g/mol. The fourth-order valence-corrected chi connectivity index (χ4v) is 7.52. The van der Waals surface area contributed by atoms with Gasteiger partial charge in [0.2, 0.25) is 0 Å². The van der Waals surface area contributed by atoms with Gasteiger partial charge >= 0.3 is 0 Å². The van der Waals surface area contributed by atoms with Crippen LogP contribution in [0.25, 0.3) is 0 Å². The number of rotatable bonds is 7. The van der Waals surface area contributed by atoms with Crippen LogP contribution in [0.1, 0.15) is 19.3 Å². The van der Waals surface area contributed by atoms with Crippen molar-refractivity contribution in [2.24, 2.45) is 16.3 Å². The summed E-state index contributed by atoms with van der Waals surface area (Å²) in [6.07, 6.45) is 7.94. The molecule has 4 heterocycles. The summed E-state index contributed by atoms with van der Waals surface area (Å²) in [7, 11) is 0.323. The van der Waals surface area contributed by atoms with E-state index in [9.17, 15) is 8.60 Å². The van der Waals surface area contributed by atoms with E-state index in [2.05, 4.69) is 16.0 Å². The van der Waals surface area contributed by atoms with Gasteiger partial charge in [-0.25, -0.2) is 17.9 Å². The zero-order valence-electron chi connectivity index (χ0n) is 21.4. The van der Waals surface area contributed by atoms with E-state index >= 15 is 0 Å². The topological polar surface area (TPSA) is 91.1 Å². The van der Waals surface area contributed by atoms with Crippen LogP contribution in [0.2, 0.25) is 0 Å². The van der Waals surface area contributed by atoms with Gasteiger partial charge in [0.25, 0.3) is 0 Å². The number of allylic oxidation sites excluding steroid dienone is 1. The molecular formula is C28H32FN5O3S. The van der Waals surface area contributed by atoms with Crippen LogP contribution in [0.4, 0.5) is 15.9 Å². The normalized spacial score (nSPS) is 30.8. The highest BCUT2D eigenvalue weighted by Gasteiger charge is 2.46. The SMILES string of the molecule is COCC12CC(C=N)C(=Nc3ccc(F)cc3)C=C1CCN(S(=O)c1ccc(N3CC4CC3CO4)nc1)C2. The van der Waals surface area contributed by atoms with E-state index in [4.69, 9.17) is 19.9 Å². The number of piperidine rings is 1. The lowest BCUT2D eigenvalue weighted by molar-refractivity contribution is 0.0649. The zero-order chi connectivity index (χ0) is 26.3. The molecule has 1 aromatic heterocycles. The van der Waals surface area contributed by atoms with Crippen molar-refractivity contribution >= 4 is 34.4 Å². The first-order valence-electron chi connectivity index (χ1n) is 13.0. The molecule has 1 N–H and O–H groups in total. The molecule has 1 aliphatic carbocycles. The zero-order valence-corrected chi connectivity index (χ0v) is 22.2. The Morgan fingerprint density at radius 2 is 2.16 bits per heavy atom. The number of nitrogens with one attached hydrogen (secondary N) is 1. The number of pyridine rings is 1. The molecule has 3 saturated heterocycles. The van der Waals surface area contributed by atoms with Gasteiger partial charge in [0.05, 0.1) is 35.9 Å². The summed E-state index contributed by atoms with van der Waals surface area (Å²) in [5.74, 6) is 0.393. The van der Waals surface area contributed by atoms with Crippen LogP contribution in [-0.4, -0.2) is 77.5 Å². The molecular weight excluding hydrogens is 505 g/mol. The number of fused-ring (bicyclic) bond motifs is 3. The van der Waals surface area contributed by atoms with E-state index in [-0.39, 0.29) is 17.2 Å². The first-order chi connectivity index (χ1) is 18.5. The number of benzene rings is 1. The van der Waals surface area contributed by atoms with E-state index in [1.54, 1.807) is 25.4 Å². The van der Waals surface area contributed by atoms with E-state index in [0.29, 0.717) is 48.8 Å². The highest BCUT2D eigenvalue weighted by atomic mass is 32.2. The number of aromatic nitrogens is 1. The molecule has 200 valence electrons. The summed E-state index contributed by atoms with van der Waals surface area (Å²) in [5.41, 5.74) is 2.29. The third-order valence-electron chi connectivity index (χ3n) is 8.16. The molecule has 8 nitrogen and oxygen atoms in total. The third-order valence-corrected chi connectivity index (χ3v) is 9.59. The molecule has 3 fully saturated rings. The van der Waals surface area contributed by atoms with Gasteiger partial charge in [-0.2, -0.15) is 0 Å². The Morgan fingerprint density at radius 3 is 2.82 bits per heavy atom. The van der Waals surface area contributed by atoms with Gasteiger partial charge in [0.15, 0.2) is 0 Å². The van der Waals surface area contributed by atoms with Crippen molar-refractivity contribution in [3.8, 4) is 0 Å². The molecule has 2 aromatic rings. The van der Waals surface area contributed by atoms with E-state index in [0.717, 1.165) is 37.5 Å². The number of nitrogens with zero attached hydrogens (tertiary/aromatic N) is 4. The van der Waals surface area contributed by atoms with Crippen molar-refractivity contribution < 1.29 is 18.1 Å². The number of anilines is 1. The van der Waals surface area contributed by atoms with E-state index < -0.39 is 11.0 Å². The summed E-state index contributed by atoms with van der Waals surface area (Å²) < 4.78 is 40.4. The third kappa shape index (κ3) is 4.75. The van der Waals surface area contributed by atoms with Crippen LogP contribution >= 0.6 is 0 Å². The van der Waals surface area contributed by atoms with E-state index in [1.165, 1.54) is 23.9 Å². The summed E-state index contributed by atoms with van der Waals surface area (Å²) in [5, 5.41) is 8.11. The number of ether oxygens (including phenoxy) is 2. The van der Waals surface area contributed by atoms with Crippen molar-refractivity contribution in [1.82, 2.24) is 9.29 Å². The van der Waals surface area contributed by atoms with Gasteiger partial charge in [-0.05, 0) is 61.7 Å². The molecule has 0 radical (unpaired) electrons. The van der Waals surface area contributed by atoms with E-state index in [1.807, 2.05) is 16.4 Å². The van der Waals surface area contributed by atoms with Crippen molar-refractivity contribution in [1.29, 1.82) is 5.41 Å². The summed E-state index contributed by atoms with van der Waals surface area (Å²) in [4.78, 5) is 12.4. The second kappa shape index (κ2) is 10.4. The lowest BCUT2D eigenvalue weighted by Crippen LogP contribution is -2.51. The van der Waals surface area contributed by atoms with Gasteiger partial charge in [-0.1, -0.05) is 5.57 Å². The fourth-order valence-electron chi connectivity index (χ4n) is 6.27. The Labute approximate surface area is 224 Å². The minimum Gasteiger partial charge on any atom is -0.384 e. The lowest BCUT2D eigenvalue weighted by atomic mass is 9.66. The number of hydrogen-bond donors (Lipinski definition) is 1. The number of morpholine rings is 1. The lowest BCUT2D eigenvalue weighted by Gasteiger charge is -2.47. The Bertz CT molecular complexity index is 1280. The van der Waals surface area contributed by atoms with Gasteiger partial charge < -0.3 is 19.8 Å². The van der Waals surface area contributed by atoms with Crippen LogP contribution in [0.15, 0.2) is 64.1 Å². The van der Waals surface area contributed by atoms with Gasteiger partial charge in [0, 0.05) is 56.2 Å². The molecule has 5 atom stereocenters. The predicted octanol–water partition coefficient (Wildman–Crippen LogP) is 3.93. The van der Waals surface area contributed by atoms with Gasteiger partial charge in [0.1, 0.15) is 22.6 Å². The first kappa shape index (κ1) is 25.5. The molecule has 0 amide bonds. The maximum atomic E-state index is 13.7. The molecule has 10 heteroatoms. The average molecular weight is 538 g/mol. The van der Waals surface area contributed by atoms with Crippen LogP contribution in [0, 0.1) is 22.6 Å². The summed E-state index contributed by atoms with van der Waals surface area (Å²) in [6, 6.07) is 10.4. The van der Waals surface area contributed by atoms with Crippen molar-refractivity contribution in [3.05, 3.63) is 60.1 Å². The first-order valence-corrected chi connectivity index (χ1v) is 14.1. The fraction of sp³-hybridized carbons (Fsp3) is 0.464. The molecule has 38 heavy (non-hydrogen) atoms. The maximum Gasteiger partial charge on any atom is 0.129 e. The minimum absolute atomic E-state index is 0.215. The smallest absolute Gasteiger partial charge is 0.129 e. The highest BCUT2D eigenvalue weighted by molar-refractivity contribution is 7.82. The molecule has 0 spiro atoms. The average Bonchev–Trinajstić information content (AvgIpc) is 3.58. The molecule has 5 unspecified atom stereocenters. The minimum atomic E-state index is -1.36. The van der Waals surface area contributed by atoms with Crippen LogP contribution in [-0.2, 0) is 20.5 Å². The quantitative estimate of drug-likeness (QED) is 0.541. The molecule has 1 aromatic carbocycles. The van der Waals surface area contributed by atoms with Crippen LogP contribution < -0.4 is 4.90 Å². The second-order valence-corrected chi connectivity index (χ2v) is 12.1. The number of methoxy groups -OCH3 is 1. The number of halogens is 1. The van der Waals surface area contributed by atoms with Crippen LogP contribution in [0.5, 0.6) is 0 Å². The van der Waals surface area contributed by atoms with Crippen molar-refractivity contribution in [2.75, 3.05) is 44.9 Å². The predicted molar refractivity (Wildman–Crippen MR) is 145 cm³/mol. The molecule has 3 aliphatic heterocycles. The van der Waals surface area contributed by atoms with Crippen LogP contribution in [0.3, 0.4) is 0 Å². The highest BCUT2D eigenvalue weighted by Crippen LogP contribution is 2.45. The van der Waals surface area contributed by atoms with Crippen molar-refractivity contribution in [3.63, 3.8) is 0 Å². The second-order valence-electron chi connectivity index (χ2n) is 10.6. The van der Waals surface area contributed by atoms with Gasteiger partial charge in [-0.3, -0.25) is 4.99 Å². The summed E-state index contributed by atoms with van der Waals surface area (Å²) >= 11 is 0. The Kier molecular flexibility index (Phi) is 6.98. The Hall–Kier alpha value is -2.79.